The van der Waals surface area contributed by atoms with Gasteiger partial charge in [-0.05, 0) is 86.7 Å². The second-order valence-electron chi connectivity index (χ2n) is 16.3. The number of sulfone groups is 1. The molecule has 0 radical (unpaired) electrons. The number of hydrogen-bond donors (Lipinski definition) is 1. The first-order valence-corrected chi connectivity index (χ1v) is 24.7. The highest BCUT2D eigenvalue weighted by molar-refractivity contribution is 7.91. The fourth-order valence-corrected chi connectivity index (χ4v) is 11.1. The van der Waals surface area contributed by atoms with E-state index in [2.05, 4.69) is 31.5 Å². The number of pyridine rings is 1. The summed E-state index contributed by atoms with van der Waals surface area (Å²) >= 11 is -1.27. The highest BCUT2D eigenvalue weighted by Gasteiger charge is 2.34. The Bertz CT molecular complexity index is 1810. The molecule has 0 amide bonds. The molecule has 0 saturated carbocycles. The number of unbranched alkanes of at least 4 members (excludes halogenated alkanes) is 9. The van der Waals surface area contributed by atoms with Crippen LogP contribution < -0.4 is 9.64 Å². The van der Waals surface area contributed by atoms with Crippen LogP contribution >= 0.6 is 0 Å². The third kappa shape index (κ3) is 11.6. The van der Waals surface area contributed by atoms with Crippen molar-refractivity contribution in [3.05, 3.63) is 48.4 Å². The highest BCUT2D eigenvalue weighted by Crippen LogP contribution is 2.39. The van der Waals surface area contributed by atoms with Gasteiger partial charge in [0.15, 0.2) is 16.5 Å². The van der Waals surface area contributed by atoms with E-state index in [1.165, 1.54) is 63.3 Å². The fraction of sp³-hybridized carbons (Fsp3) is 0.659. The van der Waals surface area contributed by atoms with Crippen LogP contribution in [0.15, 0.2) is 57.3 Å². The normalized spacial score (nSPS) is 19.1. The van der Waals surface area contributed by atoms with Crippen molar-refractivity contribution in [2.45, 2.75) is 124 Å². The van der Waals surface area contributed by atoms with Crippen LogP contribution in [0.25, 0.3) is 10.9 Å². The van der Waals surface area contributed by atoms with Crippen molar-refractivity contribution < 1.29 is 27.2 Å². The van der Waals surface area contributed by atoms with Crippen LogP contribution in [0.5, 0.6) is 5.75 Å². The number of nitrogens with zero attached hydrogens (tertiary/aromatic N) is 5. The summed E-state index contributed by atoms with van der Waals surface area (Å²) in [4.78, 5) is 14.8. The average molecular weight is 828 g/mol. The van der Waals surface area contributed by atoms with Crippen molar-refractivity contribution in [2.24, 2.45) is 0 Å². The Hall–Kier alpha value is -2.52. The van der Waals surface area contributed by atoms with E-state index in [1.54, 1.807) is 24.5 Å². The lowest BCUT2D eigenvalue weighted by Gasteiger charge is -2.46. The van der Waals surface area contributed by atoms with Crippen LogP contribution in [0, 0.1) is 5.82 Å². The summed E-state index contributed by atoms with van der Waals surface area (Å²) in [6.07, 6.45) is 19.1. The van der Waals surface area contributed by atoms with E-state index in [9.17, 15) is 18.1 Å². The standard InChI is InChI=1S/C44H66FN5O5S2/c1-3-4-5-6-7-8-9-10-11-12-31-55-42-16-14-38(33-40(42)45)57(53,54)43-34-46-41-15-13-37(56(2)52)32-39(41)44(43)50-23-19-35(20-24-50)48-21-17-36(18-22-48)49-27-25-47(26-28-49)29-30-51/h13-16,32-36,51H,3-12,17-31H2,1-2H3/t56-/m1/s1. The summed E-state index contributed by atoms with van der Waals surface area (Å²) in [5, 5.41) is 9.94. The van der Waals surface area contributed by atoms with Gasteiger partial charge in [-0.15, -0.1) is 0 Å². The second-order valence-corrected chi connectivity index (χ2v) is 19.6. The number of aromatic nitrogens is 1. The number of fused-ring (bicyclic) bond motifs is 1. The molecule has 2 aromatic carbocycles. The molecule has 1 N–H and O–H groups in total. The van der Waals surface area contributed by atoms with Gasteiger partial charge in [0.1, 0.15) is 11.2 Å². The minimum absolute atomic E-state index is 0.0332. The largest absolute Gasteiger partial charge is 0.612 e. The van der Waals surface area contributed by atoms with E-state index in [1.807, 2.05) is 0 Å². The number of ether oxygens (including phenoxy) is 1. The van der Waals surface area contributed by atoms with Crippen molar-refractivity contribution >= 4 is 37.6 Å². The molecule has 1 atom stereocenters. The van der Waals surface area contributed by atoms with Gasteiger partial charge in [-0.2, -0.15) is 0 Å². The minimum Gasteiger partial charge on any atom is -0.612 e. The molecule has 6 rings (SSSR count). The molecule has 0 unspecified atom stereocenters. The van der Waals surface area contributed by atoms with E-state index in [4.69, 9.17) is 4.74 Å². The molecule has 0 aliphatic carbocycles. The van der Waals surface area contributed by atoms with Crippen LogP contribution in [0.1, 0.15) is 96.8 Å². The molecule has 4 heterocycles. The number of benzene rings is 2. The Labute approximate surface area is 344 Å². The first kappa shape index (κ1) is 44.0. The quantitative estimate of drug-likeness (QED) is 0.0922. The van der Waals surface area contributed by atoms with Crippen LogP contribution in [0.2, 0.25) is 0 Å². The molecule has 3 fully saturated rings. The summed E-state index contributed by atoms with van der Waals surface area (Å²) in [6.45, 7) is 11.2. The second kappa shape index (κ2) is 21.7. The molecule has 57 heavy (non-hydrogen) atoms. The maximum Gasteiger partial charge on any atom is 0.210 e. The van der Waals surface area contributed by atoms with Crippen LogP contribution in [-0.4, -0.2) is 128 Å². The molecule has 10 nitrogen and oxygen atoms in total. The zero-order chi connectivity index (χ0) is 40.2. The number of rotatable bonds is 20. The Morgan fingerprint density at radius 2 is 1.44 bits per heavy atom. The molecular formula is C44H66FN5O5S2. The molecule has 0 spiro atoms. The van der Waals surface area contributed by atoms with Crippen LogP contribution in [0.4, 0.5) is 10.1 Å². The monoisotopic (exact) mass is 827 g/mol. The first-order valence-electron chi connectivity index (χ1n) is 21.7. The van der Waals surface area contributed by atoms with Gasteiger partial charge in [0, 0.05) is 75.5 Å². The van der Waals surface area contributed by atoms with Gasteiger partial charge < -0.3 is 24.2 Å². The molecule has 0 bridgehead atoms. The predicted molar refractivity (Wildman–Crippen MR) is 228 cm³/mol. The molecule has 3 saturated heterocycles. The van der Waals surface area contributed by atoms with Gasteiger partial charge in [0.05, 0.1) is 29.3 Å². The lowest BCUT2D eigenvalue weighted by atomic mass is 9.96. The minimum atomic E-state index is -4.19. The third-order valence-corrected chi connectivity index (χ3v) is 15.2. The average Bonchev–Trinajstić information content (AvgIpc) is 3.23. The van der Waals surface area contributed by atoms with Gasteiger partial charge in [0.2, 0.25) is 9.84 Å². The maximum absolute atomic E-state index is 15.5. The van der Waals surface area contributed by atoms with Crippen molar-refractivity contribution in [1.29, 1.82) is 0 Å². The number of piperidine rings is 2. The molecule has 3 aromatic rings. The first-order chi connectivity index (χ1) is 27.7. The van der Waals surface area contributed by atoms with Gasteiger partial charge >= 0.3 is 0 Å². The summed E-state index contributed by atoms with van der Waals surface area (Å²) < 4.78 is 62.7. The lowest BCUT2D eigenvalue weighted by Crippen LogP contribution is -2.55. The zero-order valence-corrected chi connectivity index (χ0v) is 36.0. The fourth-order valence-electron chi connectivity index (χ4n) is 9.07. The molecular weight excluding hydrogens is 762 g/mol. The van der Waals surface area contributed by atoms with E-state index < -0.39 is 26.8 Å². The van der Waals surface area contributed by atoms with Gasteiger partial charge in [-0.1, -0.05) is 64.7 Å². The van der Waals surface area contributed by atoms with Crippen molar-refractivity contribution in [3.63, 3.8) is 0 Å². The molecule has 316 valence electrons. The van der Waals surface area contributed by atoms with Crippen molar-refractivity contribution in [1.82, 2.24) is 19.7 Å². The lowest BCUT2D eigenvalue weighted by molar-refractivity contribution is 0.0396. The number of β-amino-alcohol motifs (C(OH)–C–C–N with tert-alkyl or cyclic N) is 1. The number of aliphatic hydroxyl groups excluding tert-OH is 1. The number of halogens is 1. The molecule has 3 aliphatic rings. The van der Waals surface area contributed by atoms with E-state index in [0.29, 0.717) is 53.3 Å². The van der Waals surface area contributed by atoms with Crippen LogP contribution in [0.3, 0.4) is 0 Å². The topological polar surface area (TPSA) is 113 Å². The summed E-state index contributed by atoms with van der Waals surface area (Å²) in [5.74, 6) is -0.640. The van der Waals surface area contributed by atoms with Crippen molar-refractivity contribution in [3.8, 4) is 5.75 Å². The Morgan fingerprint density at radius 1 is 0.825 bits per heavy atom. The number of aliphatic hydroxyl groups is 1. The number of hydrogen-bond acceptors (Lipinski definition) is 10. The summed E-state index contributed by atoms with van der Waals surface area (Å²) in [7, 11) is -4.19. The van der Waals surface area contributed by atoms with Gasteiger partial charge in [-0.3, -0.25) is 14.8 Å². The Balaban J connectivity index is 1.09. The molecule has 1 aromatic heterocycles. The van der Waals surface area contributed by atoms with E-state index in [0.717, 1.165) is 96.8 Å². The zero-order valence-electron chi connectivity index (χ0n) is 34.4. The Morgan fingerprint density at radius 3 is 2.05 bits per heavy atom. The number of anilines is 1. The number of likely N-dealkylation sites (tertiary alicyclic amines) is 1. The molecule has 3 aliphatic heterocycles. The van der Waals surface area contributed by atoms with Gasteiger partial charge in [-0.25, -0.2) is 12.8 Å². The third-order valence-electron chi connectivity index (χ3n) is 12.5. The number of piperazine rings is 1. The van der Waals surface area contributed by atoms with Crippen molar-refractivity contribution in [2.75, 3.05) is 83.3 Å². The van der Waals surface area contributed by atoms with E-state index >= 15 is 4.39 Å². The Kier molecular flexibility index (Phi) is 16.7. The maximum atomic E-state index is 15.5. The predicted octanol–water partition coefficient (Wildman–Crippen LogP) is 7.29. The highest BCUT2D eigenvalue weighted by atomic mass is 32.2. The van der Waals surface area contributed by atoms with Crippen LogP contribution in [-0.2, 0) is 21.0 Å². The smallest absolute Gasteiger partial charge is 0.210 e. The van der Waals surface area contributed by atoms with Gasteiger partial charge in [0.25, 0.3) is 0 Å². The SMILES string of the molecule is CCCCCCCCCCCCOc1ccc(S(=O)(=O)c2cnc3ccc([S@@+](C)[O-])cc3c2N2CCC(N3CCC(N4CCN(CCO)CC4)CC3)CC2)cc1F. The molecule has 13 heteroatoms. The summed E-state index contributed by atoms with van der Waals surface area (Å²) in [6, 6.07) is 10.3. The van der Waals surface area contributed by atoms with E-state index in [-0.39, 0.29) is 22.1 Å². The summed E-state index contributed by atoms with van der Waals surface area (Å²) in [5.41, 5.74) is 1.17.